The third kappa shape index (κ3) is 4.62. The molecule has 1 aromatic rings. The Labute approximate surface area is 116 Å². The molecule has 1 fully saturated rings. The van der Waals surface area contributed by atoms with E-state index in [4.69, 9.17) is 0 Å². The van der Waals surface area contributed by atoms with Crippen LogP contribution in [0.1, 0.15) is 43.2 Å². The second-order valence-corrected chi connectivity index (χ2v) is 7.38. The summed E-state index contributed by atoms with van der Waals surface area (Å²) < 4.78 is 26.9. The first-order valence-electron chi connectivity index (χ1n) is 7.09. The fourth-order valence-corrected chi connectivity index (χ4v) is 4.17. The largest absolute Gasteiger partial charge is 0.212 e. The summed E-state index contributed by atoms with van der Waals surface area (Å²) in [6, 6.07) is 7.89. The van der Waals surface area contributed by atoms with Gasteiger partial charge in [-0.1, -0.05) is 43.5 Å². The van der Waals surface area contributed by atoms with Crippen LogP contribution in [-0.4, -0.2) is 14.2 Å². The molecule has 0 saturated heterocycles. The second-order valence-electron chi connectivity index (χ2n) is 5.53. The van der Waals surface area contributed by atoms with Crippen LogP contribution in [-0.2, 0) is 16.6 Å². The van der Waals surface area contributed by atoms with Crippen molar-refractivity contribution in [3.63, 3.8) is 0 Å². The normalized spacial score (nSPS) is 17.5. The van der Waals surface area contributed by atoms with Crippen LogP contribution >= 0.6 is 0 Å². The van der Waals surface area contributed by atoms with Crippen molar-refractivity contribution >= 4 is 10.0 Å². The SMILES string of the molecule is Cc1ccccc1CNS(=O)(=O)CC1CCCCC1. The van der Waals surface area contributed by atoms with Crippen molar-refractivity contribution in [3.8, 4) is 0 Å². The molecule has 0 atom stereocenters. The summed E-state index contributed by atoms with van der Waals surface area (Å²) in [5.41, 5.74) is 2.18. The van der Waals surface area contributed by atoms with Crippen LogP contribution in [0.5, 0.6) is 0 Å². The molecule has 0 radical (unpaired) electrons. The van der Waals surface area contributed by atoms with Gasteiger partial charge >= 0.3 is 0 Å². The lowest BCUT2D eigenvalue weighted by molar-refractivity contribution is 0.384. The van der Waals surface area contributed by atoms with E-state index in [9.17, 15) is 8.42 Å². The van der Waals surface area contributed by atoms with Crippen LogP contribution in [0.15, 0.2) is 24.3 Å². The summed E-state index contributed by atoms with van der Waals surface area (Å²) in [6.45, 7) is 2.41. The van der Waals surface area contributed by atoms with Gasteiger partial charge in [-0.3, -0.25) is 0 Å². The second kappa shape index (κ2) is 6.53. The van der Waals surface area contributed by atoms with Crippen molar-refractivity contribution in [2.75, 3.05) is 5.75 Å². The van der Waals surface area contributed by atoms with Crippen molar-refractivity contribution in [1.82, 2.24) is 4.72 Å². The summed E-state index contributed by atoms with van der Waals surface area (Å²) in [6.07, 6.45) is 5.74. The standard InChI is InChI=1S/C15H23NO2S/c1-13-7-5-6-10-15(13)11-16-19(17,18)12-14-8-3-2-4-9-14/h5-7,10,14,16H,2-4,8-9,11-12H2,1H3. The Morgan fingerprint density at radius 1 is 1.16 bits per heavy atom. The lowest BCUT2D eigenvalue weighted by Crippen LogP contribution is -2.30. The Morgan fingerprint density at radius 2 is 1.84 bits per heavy atom. The van der Waals surface area contributed by atoms with Crippen molar-refractivity contribution < 1.29 is 8.42 Å². The predicted molar refractivity (Wildman–Crippen MR) is 78.4 cm³/mol. The number of rotatable bonds is 5. The van der Waals surface area contributed by atoms with Crippen LogP contribution < -0.4 is 4.72 Å². The Hall–Kier alpha value is -0.870. The van der Waals surface area contributed by atoms with Gasteiger partial charge in [-0.15, -0.1) is 0 Å². The van der Waals surface area contributed by atoms with E-state index in [1.54, 1.807) is 0 Å². The number of aryl methyl sites for hydroxylation is 1. The topological polar surface area (TPSA) is 46.2 Å². The summed E-state index contributed by atoms with van der Waals surface area (Å²) in [5.74, 6) is 0.641. The zero-order valence-electron chi connectivity index (χ0n) is 11.6. The van der Waals surface area contributed by atoms with Crippen molar-refractivity contribution in [1.29, 1.82) is 0 Å². The molecule has 1 aliphatic rings. The van der Waals surface area contributed by atoms with Gasteiger partial charge < -0.3 is 0 Å². The number of hydrogen-bond acceptors (Lipinski definition) is 2. The highest BCUT2D eigenvalue weighted by atomic mass is 32.2. The van der Waals surface area contributed by atoms with Gasteiger partial charge in [0.05, 0.1) is 5.75 Å². The van der Waals surface area contributed by atoms with E-state index < -0.39 is 10.0 Å². The van der Waals surface area contributed by atoms with Gasteiger partial charge in [0, 0.05) is 6.54 Å². The average molecular weight is 281 g/mol. The van der Waals surface area contributed by atoms with E-state index >= 15 is 0 Å². The van der Waals surface area contributed by atoms with E-state index in [2.05, 4.69) is 4.72 Å². The third-order valence-corrected chi connectivity index (χ3v) is 5.42. The molecular formula is C15H23NO2S. The van der Waals surface area contributed by atoms with Crippen LogP contribution in [0.3, 0.4) is 0 Å². The molecule has 4 heteroatoms. The fourth-order valence-electron chi connectivity index (χ4n) is 2.72. The Balaban J connectivity index is 1.88. The van der Waals surface area contributed by atoms with Gasteiger partial charge in [0.25, 0.3) is 0 Å². The van der Waals surface area contributed by atoms with Gasteiger partial charge in [-0.2, -0.15) is 0 Å². The van der Waals surface area contributed by atoms with Crippen LogP contribution in [0.2, 0.25) is 0 Å². The molecule has 1 aliphatic carbocycles. The molecule has 0 spiro atoms. The first-order chi connectivity index (χ1) is 9.07. The van der Waals surface area contributed by atoms with Crippen LogP contribution in [0.4, 0.5) is 0 Å². The predicted octanol–water partition coefficient (Wildman–Crippen LogP) is 2.99. The molecule has 2 rings (SSSR count). The average Bonchev–Trinajstić information content (AvgIpc) is 2.38. The number of hydrogen-bond donors (Lipinski definition) is 1. The Morgan fingerprint density at radius 3 is 2.53 bits per heavy atom. The Bertz CT molecular complexity index is 505. The molecule has 3 nitrogen and oxygen atoms in total. The molecule has 0 bridgehead atoms. The first kappa shape index (κ1) is 14.5. The maximum atomic E-state index is 12.1. The van der Waals surface area contributed by atoms with Gasteiger partial charge in [0.15, 0.2) is 0 Å². The fraction of sp³-hybridized carbons (Fsp3) is 0.600. The number of nitrogens with one attached hydrogen (secondary N) is 1. The summed E-state index contributed by atoms with van der Waals surface area (Å²) >= 11 is 0. The smallest absolute Gasteiger partial charge is 0.212 e. The van der Waals surface area contributed by atoms with Gasteiger partial charge in [-0.05, 0) is 36.8 Å². The minimum atomic E-state index is -3.15. The molecule has 0 unspecified atom stereocenters. The van der Waals surface area contributed by atoms with Gasteiger partial charge in [-0.25, -0.2) is 13.1 Å². The lowest BCUT2D eigenvalue weighted by atomic mass is 9.91. The maximum Gasteiger partial charge on any atom is 0.212 e. The van der Waals surface area contributed by atoms with E-state index in [0.717, 1.165) is 24.0 Å². The zero-order chi connectivity index (χ0) is 13.7. The van der Waals surface area contributed by atoms with E-state index in [-0.39, 0.29) is 0 Å². The number of sulfonamides is 1. The highest BCUT2D eigenvalue weighted by Crippen LogP contribution is 2.24. The molecule has 0 amide bonds. The molecule has 1 aromatic carbocycles. The molecule has 0 aliphatic heterocycles. The molecule has 106 valence electrons. The Kier molecular flexibility index (Phi) is 4.99. The monoisotopic (exact) mass is 281 g/mol. The minimum absolute atomic E-state index is 0.291. The van der Waals surface area contributed by atoms with Crippen molar-refractivity contribution in [2.45, 2.75) is 45.6 Å². The van der Waals surface area contributed by atoms with E-state index in [1.165, 1.54) is 19.3 Å². The molecule has 19 heavy (non-hydrogen) atoms. The summed E-state index contributed by atoms with van der Waals surface area (Å²) in [7, 11) is -3.15. The lowest BCUT2D eigenvalue weighted by Gasteiger charge is -2.21. The highest BCUT2D eigenvalue weighted by molar-refractivity contribution is 7.89. The molecule has 1 saturated carbocycles. The van der Waals surface area contributed by atoms with Crippen molar-refractivity contribution in [2.24, 2.45) is 5.92 Å². The van der Waals surface area contributed by atoms with E-state index in [0.29, 0.717) is 18.2 Å². The van der Waals surface area contributed by atoms with E-state index in [1.807, 2.05) is 31.2 Å². The summed E-state index contributed by atoms with van der Waals surface area (Å²) in [4.78, 5) is 0. The first-order valence-corrected chi connectivity index (χ1v) is 8.74. The van der Waals surface area contributed by atoms with Crippen molar-refractivity contribution in [3.05, 3.63) is 35.4 Å². The molecule has 0 aromatic heterocycles. The molecular weight excluding hydrogens is 258 g/mol. The quantitative estimate of drug-likeness (QED) is 0.902. The molecule has 0 heterocycles. The maximum absolute atomic E-state index is 12.1. The zero-order valence-corrected chi connectivity index (χ0v) is 12.4. The molecule has 1 N–H and O–H groups in total. The minimum Gasteiger partial charge on any atom is -0.212 e. The summed E-state index contributed by atoms with van der Waals surface area (Å²) in [5, 5.41) is 0. The van der Waals surface area contributed by atoms with Gasteiger partial charge in [0.1, 0.15) is 0 Å². The van der Waals surface area contributed by atoms with Crippen LogP contribution in [0, 0.1) is 12.8 Å². The third-order valence-electron chi connectivity index (χ3n) is 3.92. The van der Waals surface area contributed by atoms with Crippen LogP contribution in [0.25, 0.3) is 0 Å². The van der Waals surface area contributed by atoms with Gasteiger partial charge in [0.2, 0.25) is 10.0 Å². The highest BCUT2D eigenvalue weighted by Gasteiger charge is 2.21. The number of benzene rings is 1.